The summed E-state index contributed by atoms with van der Waals surface area (Å²) in [5, 5.41) is 4.71. The predicted octanol–water partition coefficient (Wildman–Crippen LogP) is 3.51. The van der Waals surface area contributed by atoms with E-state index in [1.165, 1.54) is 20.8 Å². The summed E-state index contributed by atoms with van der Waals surface area (Å²) in [5.74, 6) is -0.315. The fourth-order valence-corrected chi connectivity index (χ4v) is 6.37. The highest BCUT2D eigenvalue weighted by Crippen LogP contribution is 2.27. The number of rotatable bonds is 5. The quantitative estimate of drug-likeness (QED) is 0.509. The van der Waals surface area contributed by atoms with Crippen LogP contribution in [-0.2, 0) is 17.1 Å². The summed E-state index contributed by atoms with van der Waals surface area (Å²) in [6.45, 7) is 2.64. The number of piperazine rings is 1. The van der Waals surface area contributed by atoms with Gasteiger partial charge in [0.1, 0.15) is 0 Å². The summed E-state index contributed by atoms with van der Waals surface area (Å²) >= 11 is 5.99. The zero-order chi connectivity index (χ0) is 25.3. The van der Waals surface area contributed by atoms with Crippen LogP contribution in [-0.4, -0.2) is 72.6 Å². The highest BCUT2D eigenvalue weighted by Gasteiger charge is 2.36. The summed E-state index contributed by atoms with van der Waals surface area (Å²) in [7, 11) is -2.29. The molecule has 0 aliphatic carbocycles. The minimum atomic E-state index is -3.93. The first kappa shape index (κ1) is 24.5. The fraction of sp³-hybridized carbons (Fsp3) is 0.308. The van der Waals surface area contributed by atoms with Crippen LogP contribution in [0.3, 0.4) is 0 Å². The van der Waals surface area contributed by atoms with Crippen LogP contribution in [0.5, 0.6) is 0 Å². The third kappa shape index (κ3) is 4.91. The Kier molecular flexibility index (Phi) is 6.87. The molecule has 2 aliphatic heterocycles. The van der Waals surface area contributed by atoms with Gasteiger partial charge in [0.05, 0.1) is 5.56 Å². The Morgan fingerprint density at radius 2 is 1.64 bits per heavy atom. The largest absolute Gasteiger partial charge is 0.369 e. The van der Waals surface area contributed by atoms with E-state index < -0.39 is 10.0 Å². The lowest BCUT2D eigenvalue weighted by molar-refractivity contribution is 0.0768. The molecule has 10 heteroatoms. The summed E-state index contributed by atoms with van der Waals surface area (Å²) in [4.78, 5) is 17.2. The Hall–Kier alpha value is -3.14. The van der Waals surface area contributed by atoms with Gasteiger partial charge < -0.3 is 9.80 Å². The average Bonchev–Trinajstić information content (AvgIpc) is 3.32. The standard InChI is InChI=1S/C26H28ClN5O3S/c1-29-19-24(26(33)31-13-11-21(12-14-31)20-5-3-2-4-6-20)25(28-29)36(34,35)32-17-15-30(16-18-32)23-9-7-22(27)8-10-23/h2-11,19H,12-18H2,1H3. The molecule has 1 aromatic heterocycles. The Labute approximate surface area is 216 Å². The topological polar surface area (TPSA) is 78.8 Å². The van der Waals surface area contributed by atoms with E-state index in [2.05, 4.69) is 22.1 Å². The zero-order valence-electron chi connectivity index (χ0n) is 20.0. The third-order valence-corrected chi connectivity index (χ3v) is 8.77. The van der Waals surface area contributed by atoms with Crippen LogP contribution in [0.25, 0.3) is 5.57 Å². The van der Waals surface area contributed by atoms with Crippen molar-refractivity contribution in [2.75, 3.05) is 44.2 Å². The second kappa shape index (κ2) is 10.1. The maximum absolute atomic E-state index is 13.6. The molecular formula is C26H28ClN5O3S. The van der Waals surface area contributed by atoms with E-state index in [9.17, 15) is 13.2 Å². The number of amides is 1. The van der Waals surface area contributed by atoms with Gasteiger partial charge in [-0.25, -0.2) is 8.42 Å². The SMILES string of the molecule is Cn1cc(C(=O)N2CC=C(c3ccccc3)CC2)c(S(=O)(=O)N2CCN(c3ccc(Cl)cc3)CC2)n1. The molecule has 0 N–H and O–H groups in total. The predicted molar refractivity (Wildman–Crippen MR) is 141 cm³/mol. The van der Waals surface area contributed by atoms with E-state index in [4.69, 9.17) is 11.6 Å². The number of nitrogens with zero attached hydrogens (tertiary/aromatic N) is 5. The van der Waals surface area contributed by atoms with Crippen molar-refractivity contribution < 1.29 is 13.2 Å². The van der Waals surface area contributed by atoms with Crippen molar-refractivity contribution in [1.29, 1.82) is 0 Å². The number of carbonyl (C=O) groups excluding carboxylic acids is 1. The van der Waals surface area contributed by atoms with E-state index in [0.29, 0.717) is 50.7 Å². The molecule has 5 rings (SSSR count). The van der Waals surface area contributed by atoms with E-state index in [0.717, 1.165) is 11.3 Å². The number of carbonyl (C=O) groups is 1. The number of benzene rings is 2. The Bertz CT molecular complexity index is 1380. The van der Waals surface area contributed by atoms with Crippen molar-refractivity contribution in [2.45, 2.75) is 11.4 Å². The smallest absolute Gasteiger partial charge is 0.263 e. The molecule has 2 aliphatic rings. The first-order valence-electron chi connectivity index (χ1n) is 11.9. The number of aryl methyl sites for hydroxylation is 1. The number of aromatic nitrogens is 2. The second-order valence-electron chi connectivity index (χ2n) is 8.99. The van der Waals surface area contributed by atoms with Crippen LogP contribution in [0.2, 0.25) is 5.02 Å². The summed E-state index contributed by atoms with van der Waals surface area (Å²) in [6.07, 6.45) is 4.26. The minimum Gasteiger partial charge on any atom is -0.369 e. The van der Waals surface area contributed by atoms with Gasteiger partial charge in [-0.3, -0.25) is 9.48 Å². The lowest BCUT2D eigenvalue weighted by Gasteiger charge is -2.35. The minimum absolute atomic E-state index is 0.120. The molecule has 188 valence electrons. The van der Waals surface area contributed by atoms with E-state index in [-0.39, 0.29) is 16.5 Å². The Balaban J connectivity index is 1.31. The maximum atomic E-state index is 13.6. The van der Waals surface area contributed by atoms with Gasteiger partial charge in [0, 0.05) is 63.2 Å². The van der Waals surface area contributed by atoms with Crippen molar-refractivity contribution >= 4 is 38.8 Å². The molecular weight excluding hydrogens is 498 g/mol. The van der Waals surface area contributed by atoms with Gasteiger partial charge in [0.15, 0.2) is 0 Å². The molecule has 2 aromatic carbocycles. The molecule has 0 spiro atoms. The molecule has 0 atom stereocenters. The van der Waals surface area contributed by atoms with Crippen LogP contribution in [0.1, 0.15) is 22.3 Å². The van der Waals surface area contributed by atoms with Crippen LogP contribution >= 0.6 is 11.6 Å². The molecule has 1 saturated heterocycles. The van der Waals surface area contributed by atoms with Crippen molar-refractivity contribution in [2.24, 2.45) is 7.05 Å². The molecule has 0 bridgehead atoms. The zero-order valence-corrected chi connectivity index (χ0v) is 21.6. The maximum Gasteiger partial charge on any atom is 0.263 e. The van der Waals surface area contributed by atoms with Gasteiger partial charge in [-0.1, -0.05) is 48.0 Å². The molecule has 0 saturated carbocycles. The number of anilines is 1. The van der Waals surface area contributed by atoms with Crippen LogP contribution in [0.15, 0.2) is 71.9 Å². The molecule has 0 unspecified atom stereocenters. The lowest BCUT2D eigenvalue weighted by Crippen LogP contribution is -2.49. The molecule has 0 radical (unpaired) electrons. The molecule has 1 amide bonds. The van der Waals surface area contributed by atoms with Crippen molar-refractivity contribution in [3.8, 4) is 0 Å². The first-order valence-corrected chi connectivity index (χ1v) is 13.7. The Morgan fingerprint density at radius 3 is 2.28 bits per heavy atom. The molecule has 8 nitrogen and oxygen atoms in total. The molecule has 1 fully saturated rings. The summed E-state index contributed by atoms with van der Waals surface area (Å²) in [5.41, 5.74) is 3.46. The number of sulfonamides is 1. The van der Waals surface area contributed by atoms with Gasteiger partial charge in [-0.05, 0) is 41.8 Å². The van der Waals surface area contributed by atoms with Gasteiger partial charge >= 0.3 is 0 Å². The molecule has 36 heavy (non-hydrogen) atoms. The third-order valence-electron chi connectivity index (χ3n) is 6.68. The lowest BCUT2D eigenvalue weighted by atomic mass is 9.99. The monoisotopic (exact) mass is 525 g/mol. The van der Waals surface area contributed by atoms with Crippen LogP contribution in [0, 0.1) is 0 Å². The highest BCUT2D eigenvalue weighted by molar-refractivity contribution is 7.89. The summed E-state index contributed by atoms with van der Waals surface area (Å²) < 4.78 is 30.0. The van der Waals surface area contributed by atoms with Crippen LogP contribution in [0.4, 0.5) is 5.69 Å². The van der Waals surface area contributed by atoms with Gasteiger partial charge in [0.2, 0.25) is 5.03 Å². The van der Waals surface area contributed by atoms with Gasteiger partial charge in [-0.15, -0.1) is 0 Å². The summed E-state index contributed by atoms with van der Waals surface area (Å²) in [6, 6.07) is 17.6. The Morgan fingerprint density at radius 1 is 0.944 bits per heavy atom. The number of hydrogen-bond donors (Lipinski definition) is 0. The van der Waals surface area contributed by atoms with Gasteiger partial charge in [0.25, 0.3) is 15.9 Å². The average molecular weight is 526 g/mol. The fourth-order valence-electron chi connectivity index (χ4n) is 4.70. The van der Waals surface area contributed by atoms with Crippen molar-refractivity contribution in [1.82, 2.24) is 19.0 Å². The van der Waals surface area contributed by atoms with Crippen molar-refractivity contribution in [3.05, 3.63) is 83.0 Å². The highest BCUT2D eigenvalue weighted by atomic mass is 35.5. The van der Waals surface area contributed by atoms with Crippen LogP contribution < -0.4 is 4.90 Å². The van der Waals surface area contributed by atoms with E-state index in [1.807, 2.05) is 48.5 Å². The normalized spacial score (nSPS) is 17.2. The molecule has 3 heterocycles. The van der Waals surface area contributed by atoms with Crippen molar-refractivity contribution in [3.63, 3.8) is 0 Å². The second-order valence-corrected chi connectivity index (χ2v) is 11.3. The van der Waals surface area contributed by atoms with Gasteiger partial charge in [-0.2, -0.15) is 9.40 Å². The number of halogens is 1. The van der Waals surface area contributed by atoms with E-state index >= 15 is 0 Å². The van der Waals surface area contributed by atoms with E-state index in [1.54, 1.807) is 11.9 Å². The number of hydrogen-bond acceptors (Lipinski definition) is 5. The molecule has 3 aromatic rings. The first-order chi connectivity index (χ1) is 17.3.